The van der Waals surface area contributed by atoms with Gasteiger partial charge in [-0.05, 0) is 34.1 Å². The topological polar surface area (TPSA) is 59.1 Å². The molecule has 0 fully saturated rings. The van der Waals surface area contributed by atoms with Crippen molar-refractivity contribution in [2.75, 3.05) is 24.8 Å². The van der Waals surface area contributed by atoms with E-state index >= 15 is 0 Å². The summed E-state index contributed by atoms with van der Waals surface area (Å²) in [5, 5.41) is 6.66. The maximum atomic E-state index is 6.07. The molecule has 0 saturated carbocycles. The Balaban J connectivity index is 2.29. The van der Waals surface area contributed by atoms with E-state index in [1.807, 2.05) is 6.07 Å². The predicted octanol–water partition coefficient (Wildman–Crippen LogP) is 3.69. The number of nitrogens with zero attached hydrogens (tertiary/aromatic N) is 2. The summed E-state index contributed by atoms with van der Waals surface area (Å²) >= 11 is 9.51. The molecule has 0 aliphatic carbocycles. The molecule has 1 heterocycles. The van der Waals surface area contributed by atoms with Gasteiger partial charge in [-0.2, -0.15) is 0 Å². The maximum Gasteiger partial charge on any atom is 0.150 e. The van der Waals surface area contributed by atoms with Crippen LogP contribution in [0.5, 0.6) is 5.75 Å². The number of ether oxygens (including phenoxy) is 1. The fourth-order valence-corrected chi connectivity index (χ4v) is 2.27. The minimum absolute atomic E-state index is 0.534. The van der Waals surface area contributed by atoms with Crippen molar-refractivity contribution in [3.63, 3.8) is 0 Å². The second kappa shape index (κ2) is 6.08. The maximum absolute atomic E-state index is 6.07. The van der Waals surface area contributed by atoms with E-state index in [9.17, 15) is 0 Å². The van der Waals surface area contributed by atoms with Gasteiger partial charge in [-0.25, -0.2) is 9.97 Å². The number of nitrogens with one attached hydrogen (secondary N) is 2. The number of halogens is 2. The molecule has 0 aliphatic heterocycles. The first kappa shape index (κ1) is 13.9. The lowest BCUT2D eigenvalue weighted by molar-refractivity contribution is 0.415. The molecule has 0 bridgehead atoms. The Hall–Kier alpha value is -1.53. The summed E-state index contributed by atoms with van der Waals surface area (Å²) in [5.74, 6) is 1.99. The van der Waals surface area contributed by atoms with Crippen molar-refractivity contribution >= 4 is 44.9 Å². The molecule has 2 N–H and O–H groups in total. The van der Waals surface area contributed by atoms with Gasteiger partial charge in [-0.1, -0.05) is 11.6 Å². The molecule has 2 aromatic rings. The third-order valence-corrected chi connectivity index (χ3v) is 3.49. The average Bonchev–Trinajstić information content (AvgIpc) is 2.41. The predicted molar refractivity (Wildman–Crippen MR) is 80.6 cm³/mol. The summed E-state index contributed by atoms with van der Waals surface area (Å²) in [4.78, 5) is 8.26. The molecule has 0 amide bonds. The van der Waals surface area contributed by atoms with Gasteiger partial charge >= 0.3 is 0 Å². The molecule has 19 heavy (non-hydrogen) atoms. The fourth-order valence-electron chi connectivity index (χ4n) is 1.51. The lowest BCUT2D eigenvalue weighted by atomic mass is 10.3. The third kappa shape index (κ3) is 3.08. The van der Waals surface area contributed by atoms with Crippen molar-refractivity contribution in [1.82, 2.24) is 9.97 Å². The summed E-state index contributed by atoms with van der Waals surface area (Å²) in [6.07, 6.45) is 1.48. The SMILES string of the molecule is CNc1ncnc(Nc2ccc(OC)c(Cl)c2)c1Br. The quantitative estimate of drug-likeness (QED) is 0.886. The molecule has 0 spiro atoms. The van der Waals surface area contributed by atoms with Gasteiger partial charge in [-0.15, -0.1) is 0 Å². The number of benzene rings is 1. The van der Waals surface area contributed by atoms with Crippen molar-refractivity contribution in [3.05, 3.63) is 34.0 Å². The van der Waals surface area contributed by atoms with Crippen LogP contribution in [0.25, 0.3) is 0 Å². The molecular formula is C12H12BrClN4O. The largest absolute Gasteiger partial charge is 0.495 e. The normalized spacial score (nSPS) is 10.1. The van der Waals surface area contributed by atoms with Gasteiger partial charge in [0.05, 0.1) is 12.1 Å². The summed E-state index contributed by atoms with van der Waals surface area (Å²) in [6.45, 7) is 0. The molecule has 0 aliphatic rings. The number of hydrogen-bond donors (Lipinski definition) is 2. The van der Waals surface area contributed by atoms with Gasteiger partial charge < -0.3 is 15.4 Å². The highest BCUT2D eigenvalue weighted by molar-refractivity contribution is 9.10. The van der Waals surface area contributed by atoms with Crippen molar-refractivity contribution in [1.29, 1.82) is 0 Å². The first-order valence-electron chi connectivity index (χ1n) is 5.44. The van der Waals surface area contributed by atoms with Crippen LogP contribution in [0.3, 0.4) is 0 Å². The highest BCUT2D eigenvalue weighted by Gasteiger charge is 2.08. The second-order valence-corrected chi connectivity index (χ2v) is 4.81. The molecule has 1 aromatic carbocycles. The Morgan fingerprint density at radius 3 is 2.63 bits per heavy atom. The van der Waals surface area contributed by atoms with Gasteiger partial charge in [0.2, 0.25) is 0 Å². The van der Waals surface area contributed by atoms with Crippen LogP contribution in [0.2, 0.25) is 5.02 Å². The van der Waals surface area contributed by atoms with Crippen molar-refractivity contribution in [2.24, 2.45) is 0 Å². The lowest BCUT2D eigenvalue weighted by Gasteiger charge is -2.11. The van der Waals surface area contributed by atoms with Gasteiger partial charge in [-0.3, -0.25) is 0 Å². The molecule has 0 radical (unpaired) electrons. The van der Waals surface area contributed by atoms with E-state index in [1.54, 1.807) is 26.3 Å². The first-order chi connectivity index (χ1) is 9.15. The fraction of sp³-hybridized carbons (Fsp3) is 0.167. The minimum atomic E-state index is 0.534. The van der Waals surface area contributed by atoms with Crippen molar-refractivity contribution < 1.29 is 4.74 Å². The van der Waals surface area contributed by atoms with E-state index in [-0.39, 0.29) is 0 Å². The van der Waals surface area contributed by atoms with Crippen LogP contribution in [0.15, 0.2) is 29.0 Å². The molecular weight excluding hydrogens is 332 g/mol. The summed E-state index contributed by atoms with van der Waals surface area (Å²) in [7, 11) is 3.37. The monoisotopic (exact) mass is 342 g/mol. The van der Waals surface area contributed by atoms with Crippen molar-refractivity contribution in [2.45, 2.75) is 0 Å². The summed E-state index contributed by atoms with van der Waals surface area (Å²) in [6, 6.07) is 5.42. The minimum Gasteiger partial charge on any atom is -0.495 e. The van der Waals surface area contributed by atoms with Crippen LogP contribution >= 0.6 is 27.5 Å². The van der Waals surface area contributed by atoms with E-state index < -0.39 is 0 Å². The Bertz CT molecular complexity index is 594. The Labute approximate surface area is 124 Å². The standard InChI is InChI=1S/C12H12BrClN4O/c1-15-11-10(13)12(17-6-16-11)18-7-3-4-9(19-2)8(14)5-7/h3-6H,1-2H3,(H2,15,16,17,18). The smallest absolute Gasteiger partial charge is 0.150 e. The highest BCUT2D eigenvalue weighted by atomic mass is 79.9. The van der Waals surface area contributed by atoms with Crippen LogP contribution in [0.1, 0.15) is 0 Å². The molecule has 5 nitrogen and oxygen atoms in total. The molecule has 100 valence electrons. The number of anilines is 3. The Kier molecular flexibility index (Phi) is 4.44. The Morgan fingerprint density at radius 2 is 2.00 bits per heavy atom. The van der Waals surface area contributed by atoms with E-state index in [2.05, 4.69) is 36.5 Å². The number of aromatic nitrogens is 2. The zero-order valence-corrected chi connectivity index (χ0v) is 12.7. The van der Waals surface area contributed by atoms with Gasteiger partial charge in [0.15, 0.2) is 0 Å². The third-order valence-electron chi connectivity index (χ3n) is 2.44. The summed E-state index contributed by atoms with van der Waals surface area (Å²) in [5.41, 5.74) is 0.812. The molecule has 2 rings (SSSR count). The lowest BCUT2D eigenvalue weighted by Crippen LogP contribution is -2.00. The van der Waals surface area contributed by atoms with Gasteiger partial charge in [0.1, 0.15) is 28.2 Å². The molecule has 7 heteroatoms. The number of hydrogen-bond acceptors (Lipinski definition) is 5. The summed E-state index contributed by atoms with van der Waals surface area (Å²) < 4.78 is 5.86. The van der Waals surface area contributed by atoms with Crippen LogP contribution in [-0.4, -0.2) is 24.1 Å². The second-order valence-electron chi connectivity index (χ2n) is 3.61. The zero-order valence-electron chi connectivity index (χ0n) is 10.4. The van der Waals surface area contributed by atoms with Gasteiger partial charge in [0.25, 0.3) is 0 Å². The van der Waals surface area contributed by atoms with Gasteiger partial charge in [0, 0.05) is 12.7 Å². The van der Waals surface area contributed by atoms with Crippen LogP contribution in [0, 0.1) is 0 Å². The molecule has 0 saturated heterocycles. The Morgan fingerprint density at radius 1 is 1.26 bits per heavy atom. The molecule has 1 aromatic heterocycles. The van der Waals surface area contributed by atoms with Crippen molar-refractivity contribution in [3.8, 4) is 5.75 Å². The van der Waals surface area contributed by atoms with E-state index in [1.165, 1.54) is 6.33 Å². The molecule has 0 atom stereocenters. The average molecular weight is 344 g/mol. The van der Waals surface area contributed by atoms with Crippen LogP contribution in [-0.2, 0) is 0 Å². The number of rotatable bonds is 4. The van der Waals surface area contributed by atoms with E-state index in [0.29, 0.717) is 22.4 Å². The first-order valence-corrected chi connectivity index (χ1v) is 6.61. The van der Waals surface area contributed by atoms with Crippen LogP contribution < -0.4 is 15.4 Å². The van der Waals surface area contributed by atoms with E-state index in [0.717, 1.165) is 10.2 Å². The molecule has 0 unspecified atom stereocenters. The van der Waals surface area contributed by atoms with E-state index in [4.69, 9.17) is 16.3 Å². The van der Waals surface area contributed by atoms with Crippen LogP contribution in [0.4, 0.5) is 17.3 Å². The zero-order chi connectivity index (χ0) is 13.8. The number of methoxy groups -OCH3 is 1. The highest BCUT2D eigenvalue weighted by Crippen LogP contribution is 2.32.